The number of aliphatic hydroxyl groups is 2. The van der Waals surface area contributed by atoms with Crippen molar-refractivity contribution in [1.29, 1.82) is 0 Å². The van der Waals surface area contributed by atoms with Crippen LogP contribution in [-0.2, 0) is 14.4 Å². The topological polar surface area (TPSA) is 116 Å². The van der Waals surface area contributed by atoms with Gasteiger partial charge in [-0.05, 0) is 76.5 Å². The van der Waals surface area contributed by atoms with Gasteiger partial charge in [0.1, 0.15) is 5.78 Å². The second-order valence-corrected chi connectivity index (χ2v) is 11.6. The van der Waals surface area contributed by atoms with Crippen molar-refractivity contribution in [2.45, 2.75) is 115 Å². The van der Waals surface area contributed by atoms with Crippen LogP contribution >= 0.6 is 0 Å². The first-order valence-corrected chi connectivity index (χ1v) is 13.6. The van der Waals surface area contributed by atoms with E-state index in [1.807, 2.05) is 0 Å². The summed E-state index contributed by atoms with van der Waals surface area (Å²) in [6, 6.07) is -2.59. The molecule has 0 spiro atoms. The van der Waals surface area contributed by atoms with E-state index in [0.717, 1.165) is 6.92 Å². The lowest BCUT2D eigenvalue weighted by Crippen LogP contribution is -2.64. The third kappa shape index (κ3) is 6.55. The normalized spacial score (nSPS) is 34.7. The average Bonchev–Trinajstić information content (AvgIpc) is 2.81. The van der Waals surface area contributed by atoms with E-state index in [0.29, 0.717) is 19.3 Å². The van der Waals surface area contributed by atoms with Crippen molar-refractivity contribution in [3.05, 3.63) is 0 Å². The number of Topliss-reactive ketones (excluding diaryl/α,β-unsaturated/α-hetero) is 1. The minimum atomic E-state index is -5.72. The van der Waals surface area contributed by atoms with Crippen LogP contribution in [0.4, 0.5) is 26.3 Å². The number of ketones is 1. The van der Waals surface area contributed by atoms with Crippen molar-refractivity contribution in [3.8, 4) is 0 Å². The Hall–Kier alpha value is -1.89. The standard InChI is InChI=1S/C26H38F6N2O5/c1-13(35)15-4-3-5-16(10-15)23(39)34-20-12-18(7-9-22(20)38)24(25(27,28)29,26(30,31)32)17-6-8-21(37)19(11-17)33-14(2)36/h15-22,37-38H,3-12H2,1-2H3,(H,33,36)(H,34,39). The summed E-state index contributed by atoms with van der Waals surface area (Å²) >= 11 is 0. The number of carbonyl (C=O) groups excluding carboxylic acids is 3. The van der Waals surface area contributed by atoms with Gasteiger partial charge in [-0.2, -0.15) is 26.3 Å². The number of hydrogen-bond acceptors (Lipinski definition) is 5. The van der Waals surface area contributed by atoms with Gasteiger partial charge in [-0.25, -0.2) is 0 Å². The van der Waals surface area contributed by atoms with Crippen molar-refractivity contribution in [1.82, 2.24) is 10.6 Å². The number of rotatable bonds is 6. The van der Waals surface area contributed by atoms with Gasteiger partial charge >= 0.3 is 12.4 Å². The zero-order valence-electron chi connectivity index (χ0n) is 22.1. The zero-order chi connectivity index (χ0) is 29.3. The molecule has 8 unspecified atom stereocenters. The quantitative estimate of drug-likeness (QED) is 0.362. The number of carbonyl (C=O) groups is 3. The lowest BCUT2D eigenvalue weighted by Gasteiger charge is -2.53. The van der Waals surface area contributed by atoms with Crippen LogP contribution in [0.3, 0.4) is 0 Å². The number of hydrogen-bond donors (Lipinski definition) is 4. The molecule has 7 nitrogen and oxygen atoms in total. The van der Waals surface area contributed by atoms with Crippen LogP contribution in [0.25, 0.3) is 0 Å². The van der Waals surface area contributed by atoms with Crippen molar-refractivity contribution >= 4 is 17.6 Å². The van der Waals surface area contributed by atoms with E-state index >= 15 is 0 Å². The first-order valence-electron chi connectivity index (χ1n) is 13.6. The number of halogens is 6. The largest absolute Gasteiger partial charge is 0.403 e. The van der Waals surface area contributed by atoms with E-state index in [-0.39, 0.29) is 31.0 Å². The molecule has 3 aliphatic rings. The lowest BCUT2D eigenvalue weighted by atomic mass is 9.56. The van der Waals surface area contributed by atoms with Crippen molar-refractivity contribution in [2.24, 2.45) is 29.1 Å². The van der Waals surface area contributed by atoms with Crippen LogP contribution in [0.1, 0.15) is 78.1 Å². The molecule has 3 saturated carbocycles. The number of aliphatic hydroxyl groups excluding tert-OH is 2. The molecule has 0 bridgehead atoms. The highest BCUT2D eigenvalue weighted by Crippen LogP contribution is 2.64. The molecule has 0 saturated heterocycles. The van der Waals surface area contributed by atoms with E-state index in [2.05, 4.69) is 10.6 Å². The molecule has 0 aromatic heterocycles. The van der Waals surface area contributed by atoms with E-state index in [9.17, 15) is 50.9 Å². The Balaban J connectivity index is 1.90. The molecular formula is C26H38F6N2O5. The molecule has 3 rings (SSSR count). The molecule has 0 radical (unpaired) electrons. The van der Waals surface area contributed by atoms with Crippen molar-refractivity contribution < 1.29 is 50.9 Å². The summed E-state index contributed by atoms with van der Waals surface area (Å²) in [5, 5.41) is 25.5. The van der Waals surface area contributed by atoms with Crippen LogP contribution in [0, 0.1) is 29.1 Å². The highest BCUT2D eigenvalue weighted by molar-refractivity contribution is 5.82. The number of alkyl halides is 6. The zero-order valence-corrected chi connectivity index (χ0v) is 22.1. The second kappa shape index (κ2) is 11.9. The maximum atomic E-state index is 14.8. The van der Waals surface area contributed by atoms with Crippen LogP contribution in [-0.4, -0.2) is 64.5 Å². The summed E-state index contributed by atoms with van der Waals surface area (Å²) in [6.07, 6.45) is -15.5. The molecule has 3 fully saturated rings. The predicted molar refractivity (Wildman–Crippen MR) is 127 cm³/mol. The number of amides is 2. The molecule has 3 aliphatic carbocycles. The van der Waals surface area contributed by atoms with Gasteiger partial charge in [-0.3, -0.25) is 14.4 Å². The molecule has 2 amide bonds. The van der Waals surface area contributed by atoms with Crippen LogP contribution in [0.2, 0.25) is 0 Å². The molecule has 13 heteroatoms. The maximum absolute atomic E-state index is 14.8. The highest BCUT2D eigenvalue weighted by atomic mass is 19.4. The molecule has 8 atom stereocenters. The van der Waals surface area contributed by atoms with Gasteiger partial charge in [0.05, 0.1) is 24.3 Å². The van der Waals surface area contributed by atoms with Crippen LogP contribution in [0.15, 0.2) is 0 Å². The Morgan fingerprint density at radius 3 is 1.56 bits per heavy atom. The average molecular weight is 573 g/mol. The minimum Gasteiger partial charge on any atom is -0.391 e. The van der Waals surface area contributed by atoms with E-state index in [1.165, 1.54) is 6.92 Å². The van der Waals surface area contributed by atoms with Gasteiger partial charge < -0.3 is 20.8 Å². The number of nitrogens with one attached hydrogen (secondary N) is 2. The second-order valence-electron chi connectivity index (χ2n) is 11.6. The van der Waals surface area contributed by atoms with Gasteiger partial charge in [-0.15, -0.1) is 0 Å². The summed E-state index contributed by atoms with van der Waals surface area (Å²) in [7, 11) is 0. The molecule has 39 heavy (non-hydrogen) atoms. The fourth-order valence-electron chi connectivity index (χ4n) is 7.23. The Morgan fingerprint density at radius 1 is 0.667 bits per heavy atom. The minimum absolute atomic E-state index is 0.0828. The first kappa shape index (κ1) is 31.6. The van der Waals surface area contributed by atoms with E-state index in [4.69, 9.17) is 0 Å². The molecule has 0 aromatic carbocycles. The monoisotopic (exact) mass is 572 g/mol. The Bertz CT molecular complexity index is 896. The predicted octanol–water partition coefficient (Wildman–Crippen LogP) is 3.80. The molecule has 0 heterocycles. The van der Waals surface area contributed by atoms with Gasteiger partial charge in [-0.1, -0.05) is 6.42 Å². The fourth-order valence-corrected chi connectivity index (χ4v) is 7.23. The van der Waals surface area contributed by atoms with Crippen molar-refractivity contribution in [2.75, 3.05) is 0 Å². The van der Waals surface area contributed by atoms with Gasteiger partial charge in [0.15, 0.2) is 5.41 Å². The third-order valence-electron chi connectivity index (χ3n) is 9.19. The van der Waals surface area contributed by atoms with Gasteiger partial charge in [0.25, 0.3) is 0 Å². The smallest absolute Gasteiger partial charge is 0.391 e. The summed E-state index contributed by atoms with van der Waals surface area (Å²) in [6.45, 7) is 2.48. The molecule has 4 N–H and O–H groups in total. The maximum Gasteiger partial charge on any atom is 0.403 e. The van der Waals surface area contributed by atoms with Crippen molar-refractivity contribution in [3.63, 3.8) is 0 Å². The Kier molecular flexibility index (Phi) is 9.67. The molecular weight excluding hydrogens is 534 g/mol. The fraction of sp³-hybridized carbons (Fsp3) is 0.885. The summed E-state index contributed by atoms with van der Waals surface area (Å²) in [5.74, 6) is -6.27. The Morgan fingerprint density at radius 2 is 1.13 bits per heavy atom. The lowest BCUT2D eigenvalue weighted by molar-refractivity contribution is -0.383. The first-order chi connectivity index (χ1) is 18.0. The van der Waals surface area contributed by atoms with Crippen LogP contribution in [0.5, 0.6) is 0 Å². The van der Waals surface area contributed by atoms with E-state index in [1.54, 1.807) is 0 Å². The summed E-state index contributed by atoms with van der Waals surface area (Å²) in [5.41, 5.74) is -4.16. The third-order valence-corrected chi connectivity index (χ3v) is 9.19. The van der Waals surface area contributed by atoms with Crippen LogP contribution < -0.4 is 10.6 Å². The van der Waals surface area contributed by atoms with Gasteiger partial charge in [0, 0.05) is 18.8 Å². The molecule has 224 valence electrons. The molecule has 0 aromatic rings. The van der Waals surface area contributed by atoms with E-state index < -0.39 is 97.3 Å². The summed E-state index contributed by atoms with van der Waals surface area (Å²) < 4.78 is 88.6. The summed E-state index contributed by atoms with van der Waals surface area (Å²) in [4.78, 5) is 36.3. The Labute approximate surface area is 223 Å². The highest BCUT2D eigenvalue weighted by Gasteiger charge is 2.77. The SMILES string of the molecule is CC(=O)NC1CC(C(C2CCC(O)C(NC(=O)C3CCCC(C(C)=O)C3)C2)(C(F)(F)F)C(F)(F)F)CCC1O. The molecule has 0 aliphatic heterocycles. The van der Waals surface area contributed by atoms with Gasteiger partial charge in [0.2, 0.25) is 11.8 Å².